The maximum absolute atomic E-state index is 12.3. The van der Waals surface area contributed by atoms with Crippen LogP contribution in [0.25, 0.3) is 11.0 Å². The van der Waals surface area contributed by atoms with Crippen LogP contribution >= 0.6 is 11.3 Å². The molecule has 0 fully saturated rings. The van der Waals surface area contributed by atoms with Crippen molar-refractivity contribution in [2.45, 2.75) is 19.4 Å². The lowest BCUT2D eigenvalue weighted by atomic mass is 10.2. The number of para-hydroxylation sites is 1. The van der Waals surface area contributed by atoms with Crippen molar-refractivity contribution in [3.63, 3.8) is 0 Å². The highest BCUT2D eigenvalue weighted by atomic mass is 32.1. The summed E-state index contributed by atoms with van der Waals surface area (Å²) < 4.78 is 10.8. The predicted molar refractivity (Wildman–Crippen MR) is 105 cm³/mol. The second-order valence-electron chi connectivity index (χ2n) is 6.23. The first-order chi connectivity index (χ1) is 13.6. The normalized spacial score (nSPS) is 12.0. The van der Waals surface area contributed by atoms with E-state index in [2.05, 4.69) is 15.6 Å². The highest BCUT2D eigenvalue weighted by molar-refractivity contribution is 7.14. The van der Waals surface area contributed by atoms with Gasteiger partial charge in [-0.3, -0.25) is 14.9 Å². The van der Waals surface area contributed by atoms with Gasteiger partial charge < -0.3 is 14.2 Å². The number of hydrogen-bond acceptors (Lipinski definition) is 6. The van der Waals surface area contributed by atoms with E-state index in [1.54, 1.807) is 17.5 Å². The predicted octanol–water partition coefficient (Wildman–Crippen LogP) is 4.15. The first-order valence-corrected chi connectivity index (χ1v) is 9.53. The number of anilines is 1. The van der Waals surface area contributed by atoms with Gasteiger partial charge in [0.05, 0.1) is 24.4 Å². The van der Waals surface area contributed by atoms with Crippen molar-refractivity contribution >= 4 is 39.3 Å². The van der Waals surface area contributed by atoms with Crippen molar-refractivity contribution in [3.05, 3.63) is 71.3 Å². The molecule has 3 heterocycles. The van der Waals surface area contributed by atoms with Gasteiger partial charge in [0.25, 0.3) is 5.91 Å². The van der Waals surface area contributed by atoms with E-state index in [1.807, 2.05) is 37.3 Å². The Labute approximate surface area is 164 Å². The molecule has 0 aliphatic heterocycles. The van der Waals surface area contributed by atoms with Gasteiger partial charge in [-0.1, -0.05) is 18.2 Å². The van der Waals surface area contributed by atoms with Crippen molar-refractivity contribution in [1.29, 1.82) is 0 Å². The van der Waals surface area contributed by atoms with Crippen LogP contribution in [0, 0.1) is 0 Å². The third-order valence-electron chi connectivity index (χ3n) is 4.11. The van der Waals surface area contributed by atoms with Crippen LogP contribution in [0.2, 0.25) is 0 Å². The van der Waals surface area contributed by atoms with Crippen LogP contribution in [0.1, 0.15) is 35.0 Å². The minimum atomic E-state index is -0.381. The highest BCUT2D eigenvalue weighted by Gasteiger charge is 2.16. The van der Waals surface area contributed by atoms with Crippen molar-refractivity contribution < 1.29 is 18.4 Å². The summed E-state index contributed by atoms with van der Waals surface area (Å²) in [6.45, 7) is 1.87. The number of nitrogens with zero attached hydrogens (tertiary/aromatic N) is 1. The summed E-state index contributed by atoms with van der Waals surface area (Å²) in [6, 6.07) is 12.6. The topological polar surface area (TPSA) is 97.4 Å². The molecular formula is C20H17N3O4S. The van der Waals surface area contributed by atoms with E-state index < -0.39 is 0 Å². The highest BCUT2D eigenvalue weighted by Crippen LogP contribution is 2.24. The van der Waals surface area contributed by atoms with Gasteiger partial charge in [0, 0.05) is 10.8 Å². The molecule has 0 saturated carbocycles. The fourth-order valence-electron chi connectivity index (χ4n) is 2.76. The number of carbonyl (C=O) groups is 2. The smallest absolute Gasteiger partial charge is 0.293 e. The van der Waals surface area contributed by atoms with Crippen LogP contribution in [-0.2, 0) is 11.2 Å². The Morgan fingerprint density at radius 3 is 2.86 bits per heavy atom. The number of fused-ring (bicyclic) bond motifs is 1. The van der Waals surface area contributed by atoms with Crippen LogP contribution in [0.3, 0.4) is 0 Å². The van der Waals surface area contributed by atoms with Crippen LogP contribution in [-0.4, -0.2) is 16.8 Å². The summed E-state index contributed by atoms with van der Waals surface area (Å²) in [7, 11) is 0. The number of benzene rings is 1. The summed E-state index contributed by atoms with van der Waals surface area (Å²) >= 11 is 1.25. The van der Waals surface area contributed by atoms with Crippen LogP contribution in [0.5, 0.6) is 0 Å². The maximum atomic E-state index is 12.3. The van der Waals surface area contributed by atoms with E-state index in [0.29, 0.717) is 16.6 Å². The molecule has 0 spiro atoms. The van der Waals surface area contributed by atoms with Gasteiger partial charge in [-0.25, -0.2) is 4.98 Å². The van der Waals surface area contributed by atoms with Crippen LogP contribution in [0.4, 0.5) is 5.13 Å². The molecule has 3 aromatic heterocycles. The van der Waals surface area contributed by atoms with Crippen LogP contribution in [0.15, 0.2) is 62.9 Å². The van der Waals surface area contributed by atoms with E-state index in [1.165, 1.54) is 17.6 Å². The fourth-order valence-corrected chi connectivity index (χ4v) is 3.46. The molecule has 1 atom stereocenters. The molecule has 4 rings (SSSR count). The number of hydrogen-bond donors (Lipinski definition) is 2. The molecule has 7 nitrogen and oxygen atoms in total. The Morgan fingerprint density at radius 1 is 1.21 bits per heavy atom. The van der Waals surface area contributed by atoms with Crippen molar-refractivity contribution in [1.82, 2.24) is 10.3 Å². The van der Waals surface area contributed by atoms with E-state index in [0.717, 1.165) is 11.0 Å². The molecule has 2 N–H and O–H groups in total. The molecule has 1 aromatic carbocycles. The zero-order valence-corrected chi connectivity index (χ0v) is 15.8. The summed E-state index contributed by atoms with van der Waals surface area (Å²) in [5.41, 5.74) is 1.36. The number of furan rings is 2. The minimum Gasteiger partial charge on any atom is -0.459 e. The van der Waals surface area contributed by atoms with E-state index in [-0.39, 0.29) is 30.0 Å². The zero-order valence-electron chi connectivity index (χ0n) is 15.0. The van der Waals surface area contributed by atoms with Crippen molar-refractivity contribution in [2.75, 3.05) is 5.32 Å². The van der Waals surface area contributed by atoms with Gasteiger partial charge in [-0.2, -0.15) is 0 Å². The fraction of sp³-hybridized carbons (Fsp3) is 0.150. The lowest BCUT2D eigenvalue weighted by Gasteiger charge is -2.10. The number of thiazole rings is 1. The van der Waals surface area contributed by atoms with E-state index >= 15 is 0 Å². The first kappa shape index (κ1) is 18.0. The van der Waals surface area contributed by atoms with Crippen LogP contribution < -0.4 is 10.6 Å². The second-order valence-corrected chi connectivity index (χ2v) is 7.09. The molecule has 0 bridgehead atoms. The standard InChI is InChI=1S/C20H17N3O4S/c1-12(17-9-13-5-2-3-6-15(13)27-17)21-18(24)10-14-11-28-20(22-14)23-19(25)16-7-4-8-26-16/h2-9,11-12H,10H2,1H3,(H,21,24)(H,22,23,25). The van der Waals surface area contributed by atoms with E-state index in [9.17, 15) is 9.59 Å². The largest absolute Gasteiger partial charge is 0.459 e. The molecule has 8 heteroatoms. The summed E-state index contributed by atoms with van der Waals surface area (Å²) in [5.74, 6) is 0.337. The van der Waals surface area contributed by atoms with Crippen molar-refractivity contribution in [3.8, 4) is 0 Å². The molecule has 0 saturated heterocycles. The molecule has 1 unspecified atom stereocenters. The lowest BCUT2D eigenvalue weighted by molar-refractivity contribution is -0.121. The maximum Gasteiger partial charge on any atom is 0.293 e. The molecule has 0 radical (unpaired) electrons. The Balaban J connectivity index is 1.34. The SMILES string of the molecule is CC(NC(=O)Cc1csc(NC(=O)c2ccco2)n1)c1cc2ccccc2o1. The minimum absolute atomic E-state index is 0.109. The monoisotopic (exact) mass is 395 g/mol. The Morgan fingerprint density at radius 2 is 2.07 bits per heavy atom. The Hall–Kier alpha value is -3.39. The molecule has 4 aromatic rings. The van der Waals surface area contributed by atoms with Gasteiger partial charge >= 0.3 is 0 Å². The summed E-state index contributed by atoms with van der Waals surface area (Å²) in [5, 5.41) is 8.70. The lowest BCUT2D eigenvalue weighted by Crippen LogP contribution is -2.28. The van der Waals surface area contributed by atoms with Gasteiger partial charge in [-0.15, -0.1) is 11.3 Å². The first-order valence-electron chi connectivity index (χ1n) is 8.65. The van der Waals surface area contributed by atoms with Gasteiger partial charge in [0.15, 0.2) is 10.9 Å². The Kier molecular flexibility index (Phi) is 4.94. The third-order valence-corrected chi connectivity index (χ3v) is 4.91. The zero-order chi connectivity index (χ0) is 19.5. The molecule has 0 aliphatic rings. The molecule has 2 amide bonds. The summed E-state index contributed by atoms with van der Waals surface area (Å²) in [4.78, 5) is 28.6. The number of rotatable bonds is 6. The molecule has 0 aliphatic carbocycles. The molecule has 142 valence electrons. The second kappa shape index (κ2) is 7.69. The number of nitrogens with one attached hydrogen (secondary N) is 2. The van der Waals surface area contributed by atoms with Crippen molar-refractivity contribution in [2.24, 2.45) is 0 Å². The van der Waals surface area contributed by atoms with Gasteiger partial charge in [-0.05, 0) is 31.2 Å². The number of amides is 2. The number of carbonyl (C=O) groups excluding carboxylic acids is 2. The quantitative estimate of drug-likeness (QED) is 0.511. The summed E-state index contributed by atoms with van der Waals surface area (Å²) in [6.07, 6.45) is 1.54. The average Bonchev–Trinajstić information content (AvgIpc) is 3.42. The van der Waals surface area contributed by atoms with Gasteiger partial charge in [0.1, 0.15) is 11.3 Å². The number of aromatic nitrogens is 1. The molecule has 28 heavy (non-hydrogen) atoms. The average molecular weight is 395 g/mol. The van der Waals surface area contributed by atoms with Gasteiger partial charge in [0.2, 0.25) is 5.91 Å². The van der Waals surface area contributed by atoms with E-state index in [4.69, 9.17) is 8.83 Å². The Bertz CT molecular complexity index is 1080. The molecular weight excluding hydrogens is 378 g/mol. The third kappa shape index (κ3) is 3.96.